The number of esters is 3. The standard InChI is InChI=1S/C16H23FN2O7S/c1-8(20)23-7-4-11-13(24-9(2)21)14(25-10(3)22)12-15(26-11)27-16(19-12)18-6-5-17/h11-15H,4-7H2,1-3H3,(H,18,19)/t11-,12?,13-,14-,15?/m1/s1. The lowest BCUT2D eigenvalue weighted by atomic mass is 9.95. The Kier molecular flexibility index (Phi) is 7.84. The van der Waals surface area contributed by atoms with E-state index >= 15 is 0 Å². The van der Waals surface area contributed by atoms with Gasteiger partial charge in [0, 0.05) is 27.2 Å². The number of fused-ring (bicyclic) bond motifs is 1. The molecule has 1 N–H and O–H groups in total. The summed E-state index contributed by atoms with van der Waals surface area (Å²) in [5.41, 5.74) is -0.484. The Morgan fingerprint density at radius 2 is 1.81 bits per heavy atom. The predicted octanol–water partition coefficient (Wildman–Crippen LogP) is 0.558. The van der Waals surface area contributed by atoms with Crippen LogP contribution in [-0.4, -0.2) is 72.7 Å². The molecule has 2 saturated heterocycles. The van der Waals surface area contributed by atoms with E-state index in [4.69, 9.17) is 18.9 Å². The molecular weight excluding hydrogens is 383 g/mol. The van der Waals surface area contributed by atoms with Crippen LogP contribution in [0.5, 0.6) is 0 Å². The number of halogens is 1. The van der Waals surface area contributed by atoms with Gasteiger partial charge in [-0.15, -0.1) is 0 Å². The van der Waals surface area contributed by atoms with E-state index in [1.165, 1.54) is 32.5 Å². The summed E-state index contributed by atoms with van der Waals surface area (Å²) in [7, 11) is 0. The van der Waals surface area contributed by atoms with Gasteiger partial charge in [0.05, 0.1) is 13.2 Å². The van der Waals surface area contributed by atoms with Gasteiger partial charge in [0.1, 0.15) is 24.3 Å². The lowest BCUT2D eigenvalue weighted by Gasteiger charge is -2.42. The zero-order chi connectivity index (χ0) is 20.0. The van der Waals surface area contributed by atoms with Crippen molar-refractivity contribution >= 4 is 34.8 Å². The zero-order valence-corrected chi connectivity index (χ0v) is 16.1. The molecule has 9 nitrogen and oxygen atoms in total. The topological polar surface area (TPSA) is 113 Å². The molecule has 0 spiro atoms. The maximum Gasteiger partial charge on any atom is 0.303 e. The first-order valence-corrected chi connectivity index (χ1v) is 9.36. The third-order valence-electron chi connectivity index (χ3n) is 3.82. The van der Waals surface area contributed by atoms with Crippen LogP contribution in [0.15, 0.2) is 4.99 Å². The second-order valence-corrected chi connectivity index (χ2v) is 7.07. The van der Waals surface area contributed by atoms with Crippen molar-refractivity contribution in [1.82, 2.24) is 5.32 Å². The minimum atomic E-state index is -0.892. The number of nitrogens with zero attached hydrogens (tertiary/aromatic N) is 1. The minimum absolute atomic E-state index is 0.00371. The van der Waals surface area contributed by atoms with E-state index < -0.39 is 54.4 Å². The number of amidine groups is 1. The van der Waals surface area contributed by atoms with Gasteiger partial charge in [-0.05, 0) is 0 Å². The molecular formula is C16H23FN2O7S. The molecule has 2 aliphatic heterocycles. The average molecular weight is 406 g/mol. The van der Waals surface area contributed by atoms with Crippen molar-refractivity contribution in [3.05, 3.63) is 0 Å². The fourth-order valence-electron chi connectivity index (χ4n) is 2.89. The normalized spacial score (nSPS) is 31.0. The van der Waals surface area contributed by atoms with Crippen molar-refractivity contribution in [1.29, 1.82) is 0 Å². The molecule has 0 radical (unpaired) electrons. The summed E-state index contributed by atoms with van der Waals surface area (Å²) in [6, 6.07) is -0.522. The number of aliphatic imine (C=N–C) groups is 1. The monoisotopic (exact) mass is 406 g/mol. The van der Waals surface area contributed by atoms with Gasteiger partial charge in [-0.1, -0.05) is 11.8 Å². The molecule has 2 rings (SSSR count). The fraction of sp³-hybridized carbons (Fsp3) is 0.750. The Hall–Kier alpha value is -1.88. The summed E-state index contributed by atoms with van der Waals surface area (Å²) < 4.78 is 34.1. The Labute approximate surface area is 160 Å². The minimum Gasteiger partial charge on any atom is -0.466 e. The van der Waals surface area contributed by atoms with Crippen molar-refractivity contribution in [2.45, 2.75) is 57.0 Å². The third kappa shape index (κ3) is 6.06. The van der Waals surface area contributed by atoms with E-state index in [1.54, 1.807) is 0 Å². The highest BCUT2D eigenvalue weighted by molar-refractivity contribution is 8.14. The van der Waals surface area contributed by atoms with Crippen LogP contribution in [0.4, 0.5) is 4.39 Å². The van der Waals surface area contributed by atoms with E-state index in [-0.39, 0.29) is 19.6 Å². The third-order valence-corrected chi connectivity index (χ3v) is 4.92. The highest BCUT2D eigenvalue weighted by Gasteiger charge is 2.53. The van der Waals surface area contributed by atoms with Crippen molar-refractivity contribution in [3.8, 4) is 0 Å². The van der Waals surface area contributed by atoms with Gasteiger partial charge >= 0.3 is 17.9 Å². The number of alkyl halides is 1. The second kappa shape index (κ2) is 9.88. The molecule has 2 fully saturated rings. The van der Waals surface area contributed by atoms with Crippen molar-refractivity contribution in [3.63, 3.8) is 0 Å². The van der Waals surface area contributed by atoms with E-state index in [0.29, 0.717) is 5.17 Å². The Bertz CT molecular complexity index is 603. The van der Waals surface area contributed by atoms with Gasteiger partial charge in [-0.3, -0.25) is 19.4 Å². The molecule has 152 valence electrons. The summed E-state index contributed by atoms with van der Waals surface area (Å²) >= 11 is 1.24. The summed E-state index contributed by atoms with van der Waals surface area (Å²) in [6.45, 7) is 3.23. The first-order valence-electron chi connectivity index (χ1n) is 8.48. The maximum absolute atomic E-state index is 12.4. The van der Waals surface area contributed by atoms with Crippen LogP contribution >= 0.6 is 11.8 Å². The smallest absolute Gasteiger partial charge is 0.303 e. The van der Waals surface area contributed by atoms with Crippen LogP contribution in [0.3, 0.4) is 0 Å². The molecule has 0 amide bonds. The maximum atomic E-state index is 12.4. The SMILES string of the molecule is CC(=O)OCC[C@H]1OC2SC(=NCCF)NC2[C@@H](OC(C)=O)[C@@H]1OC(C)=O. The van der Waals surface area contributed by atoms with Crippen LogP contribution in [0.25, 0.3) is 0 Å². The first-order chi connectivity index (χ1) is 12.8. The van der Waals surface area contributed by atoms with E-state index in [9.17, 15) is 18.8 Å². The van der Waals surface area contributed by atoms with E-state index in [2.05, 4.69) is 10.3 Å². The number of thioether (sulfide) groups is 1. The van der Waals surface area contributed by atoms with Crippen LogP contribution in [0.2, 0.25) is 0 Å². The van der Waals surface area contributed by atoms with Gasteiger partial charge in [0.2, 0.25) is 0 Å². The van der Waals surface area contributed by atoms with Crippen molar-refractivity contribution in [2.24, 2.45) is 4.99 Å². The summed E-state index contributed by atoms with van der Waals surface area (Å²) in [5.74, 6) is -1.55. The van der Waals surface area contributed by atoms with Crippen LogP contribution in [0.1, 0.15) is 27.2 Å². The van der Waals surface area contributed by atoms with Gasteiger partial charge in [0.25, 0.3) is 0 Å². The second-order valence-electron chi connectivity index (χ2n) is 5.98. The molecule has 2 aliphatic rings. The van der Waals surface area contributed by atoms with Crippen molar-refractivity contribution in [2.75, 3.05) is 19.8 Å². The Morgan fingerprint density at radius 3 is 2.41 bits per heavy atom. The lowest BCUT2D eigenvalue weighted by Crippen LogP contribution is -2.61. The molecule has 11 heteroatoms. The highest BCUT2D eigenvalue weighted by atomic mass is 32.2. The summed E-state index contributed by atoms with van der Waals surface area (Å²) in [4.78, 5) is 38.3. The molecule has 2 unspecified atom stereocenters. The molecule has 27 heavy (non-hydrogen) atoms. The Morgan fingerprint density at radius 1 is 1.15 bits per heavy atom. The molecule has 0 bridgehead atoms. The van der Waals surface area contributed by atoms with E-state index in [1.807, 2.05) is 0 Å². The summed E-state index contributed by atoms with van der Waals surface area (Å²) in [6.07, 6.45) is -2.14. The molecule has 0 saturated carbocycles. The van der Waals surface area contributed by atoms with Crippen LogP contribution < -0.4 is 5.32 Å². The van der Waals surface area contributed by atoms with Gasteiger partial charge in [-0.25, -0.2) is 4.39 Å². The quantitative estimate of drug-likeness (QED) is 0.478. The summed E-state index contributed by atoms with van der Waals surface area (Å²) in [5, 5.41) is 3.51. The number of ether oxygens (including phenoxy) is 4. The molecule has 0 aliphatic carbocycles. The van der Waals surface area contributed by atoms with Crippen molar-refractivity contribution < 1.29 is 37.7 Å². The molecule has 0 aromatic heterocycles. The lowest BCUT2D eigenvalue weighted by molar-refractivity contribution is -0.204. The Balaban J connectivity index is 2.22. The molecule has 0 aromatic carbocycles. The molecule has 5 atom stereocenters. The number of carbonyl (C=O) groups is 3. The number of rotatable bonds is 7. The number of hydrogen-bond acceptors (Lipinski definition) is 9. The first kappa shape index (κ1) is 21.4. The number of nitrogens with one attached hydrogen (secondary N) is 1. The van der Waals surface area contributed by atoms with Gasteiger partial charge in [0.15, 0.2) is 17.4 Å². The predicted molar refractivity (Wildman–Crippen MR) is 93.8 cm³/mol. The molecule has 0 aromatic rings. The van der Waals surface area contributed by atoms with Gasteiger partial charge < -0.3 is 24.3 Å². The van der Waals surface area contributed by atoms with Crippen LogP contribution in [-0.2, 0) is 33.3 Å². The largest absolute Gasteiger partial charge is 0.466 e. The highest BCUT2D eigenvalue weighted by Crippen LogP contribution is 2.37. The van der Waals surface area contributed by atoms with Crippen LogP contribution in [0, 0.1) is 0 Å². The fourth-order valence-corrected chi connectivity index (χ4v) is 4.05. The number of hydrogen-bond donors (Lipinski definition) is 1. The van der Waals surface area contributed by atoms with Gasteiger partial charge in [-0.2, -0.15) is 0 Å². The van der Waals surface area contributed by atoms with E-state index in [0.717, 1.165) is 0 Å². The molecule has 2 heterocycles. The number of carbonyl (C=O) groups excluding carboxylic acids is 3. The zero-order valence-electron chi connectivity index (χ0n) is 15.3. The average Bonchev–Trinajstić information content (AvgIpc) is 2.97.